The highest BCUT2D eigenvalue weighted by atomic mass is 16.2. The molecule has 2 aromatic carbocycles. The molecule has 0 saturated carbocycles. The van der Waals surface area contributed by atoms with Gasteiger partial charge in [0.2, 0.25) is 5.91 Å². The summed E-state index contributed by atoms with van der Waals surface area (Å²) in [7, 11) is 2.07. The summed E-state index contributed by atoms with van der Waals surface area (Å²) >= 11 is 0. The van der Waals surface area contributed by atoms with Crippen molar-refractivity contribution < 1.29 is 9.59 Å². The number of hydrogen-bond donors (Lipinski definition) is 2. The van der Waals surface area contributed by atoms with Crippen molar-refractivity contribution in [2.75, 3.05) is 44.3 Å². The number of benzene rings is 2. The van der Waals surface area contributed by atoms with Crippen molar-refractivity contribution >= 4 is 23.2 Å². The first-order valence-electron chi connectivity index (χ1n) is 8.73. The van der Waals surface area contributed by atoms with Crippen LogP contribution < -0.4 is 11.1 Å². The number of piperazine rings is 1. The molecule has 1 saturated heterocycles. The van der Waals surface area contributed by atoms with Gasteiger partial charge in [-0.2, -0.15) is 0 Å². The van der Waals surface area contributed by atoms with Gasteiger partial charge in [0.05, 0.1) is 6.42 Å². The van der Waals surface area contributed by atoms with E-state index in [9.17, 15) is 9.59 Å². The molecule has 0 spiro atoms. The number of nitrogens with one attached hydrogen (secondary N) is 1. The van der Waals surface area contributed by atoms with Crippen molar-refractivity contribution in [2.45, 2.75) is 6.42 Å². The van der Waals surface area contributed by atoms with E-state index in [2.05, 4.69) is 17.3 Å². The topological polar surface area (TPSA) is 78.7 Å². The summed E-state index contributed by atoms with van der Waals surface area (Å²) < 4.78 is 0. The Morgan fingerprint density at radius 2 is 1.73 bits per heavy atom. The van der Waals surface area contributed by atoms with Crippen LogP contribution in [0.3, 0.4) is 0 Å². The summed E-state index contributed by atoms with van der Waals surface area (Å²) in [6.07, 6.45) is 0.382. The molecular formula is C20H24N4O2. The third-order valence-corrected chi connectivity index (χ3v) is 4.57. The number of nitrogens with zero attached hydrogens (tertiary/aromatic N) is 2. The second kappa shape index (κ2) is 8.01. The predicted octanol–water partition coefficient (Wildman–Crippen LogP) is 1.84. The van der Waals surface area contributed by atoms with Gasteiger partial charge in [0, 0.05) is 43.1 Å². The van der Waals surface area contributed by atoms with Crippen LogP contribution in [-0.2, 0) is 11.2 Å². The lowest BCUT2D eigenvalue weighted by molar-refractivity contribution is -0.132. The van der Waals surface area contributed by atoms with Crippen LogP contribution in [0.25, 0.3) is 0 Å². The van der Waals surface area contributed by atoms with E-state index in [0.29, 0.717) is 23.4 Å². The zero-order valence-corrected chi connectivity index (χ0v) is 14.9. The standard InChI is InChI=1S/C20H24N4O2/c1-23-9-11-24(12-10-23)19(25)13-15-5-7-18(8-6-15)22-20(26)16-3-2-4-17(21)14-16/h2-8,14H,9-13,21H2,1H3,(H,22,26). The molecule has 1 fully saturated rings. The third-order valence-electron chi connectivity index (χ3n) is 4.57. The van der Waals surface area contributed by atoms with Crippen molar-refractivity contribution in [3.63, 3.8) is 0 Å². The van der Waals surface area contributed by atoms with E-state index in [4.69, 9.17) is 5.73 Å². The largest absolute Gasteiger partial charge is 0.399 e. The Kier molecular flexibility index (Phi) is 5.53. The molecule has 26 heavy (non-hydrogen) atoms. The maximum absolute atomic E-state index is 12.4. The monoisotopic (exact) mass is 352 g/mol. The van der Waals surface area contributed by atoms with E-state index < -0.39 is 0 Å². The fraction of sp³-hybridized carbons (Fsp3) is 0.300. The molecule has 0 aromatic heterocycles. The number of hydrogen-bond acceptors (Lipinski definition) is 4. The summed E-state index contributed by atoms with van der Waals surface area (Å²) in [5.41, 5.74) is 8.40. The lowest BCUT2D eigenvalue weighted by Gasteiger charge is -2.32. The summed E-state index contributed by atoms with van der Waals surface area (Å²) in [4.78, 5) is 28.7. The first kappa shape index (κ1) is 17.9. The number of rotatable bonds is 4. The van der Waals surface area contributed by atoms with E-state index >= 15 is 0 Å². The van der Waals surface area contributed by atoms with Gasteiger partial charge in [-0.3, -0.25) is 9.59 Å². The quantitative estimate of drug-likeness (QED) is 0.823. The highest BCUT2D eigenvalue weighted by Gasteiger charge is 2.19. The molecule has 1 heterocycles. The number of nitrogens with two attached hydrogens (primary N) is 1. The average Bonchev–Trinajstić information content (AvgIpc) is 2.64. The van der Waals surface area contributed by atoms with E-state index in [1.54, 1.807) is 24.3 Å². The summed E-state index contributed by atoms with van der Waals surface area (Å²) in [5.74, 6) is -0.0618. The zero-order valence-electron chi connectivity index (χ0n) is 14.9. The second-order valence-electron chi connectivity index (χ2n) is 6.64. The lowest BCUT2D eigenvalue weighted by atomic mass is 10.1. The second-order valence-corrected chi connectivity index (χ2v) is 6.64. The molecule has 3 rings (SSSR count). The molecule has 1 aliphatic heterocycles. The van der Waals surface area contributed by atoms with Crippen LogP contribution in [0.15, 0.2) is 48.5 Å². The maximum Gasteiger partial charge on any atom is 0.255 e. The van der Waals surface area contributed by atoms with Crippen molar-refractivity contribution in [1.29, 1.82) is 0 Å². The summed E-state index contributed by atoms with van der Waals surface area (Å²) in [6.45, 7) is 3.40. The fourth-order valence-electron chi connectivity index (χ4n) is 2.93. The lowest BCUT2D eigenvalue weighted by Crippen LogP contribution is -2.47. The van der Waals surface area contributed by atoms with Crippen LogP contribution in [-0.4, -0.2) is 54.8 Å². The van der Waals surface area contributed by atoms with Gasteiger partial charge < -0.3 is 20.9 Å². The van der Waals surface area contributed by atoms with Crippen LogP contribution in [0.4, 0.5) is 11.4 Å². The van der Waals surface area contributed by atoms with E-state index in [0.717, 1.165) is 31.7 Å². The smallest absolute Gasteiger partial charge is 0.255 e. The van der Waals surface area contributed by atoms with Gasteiger partial charge in [0.1, 0.15) is 0 Å². The molecule has 6 heteroatoms. The molecule has 2 amide bonds. The molecular weight excluding hydrogens is 328 g/mol. The molecule has 0 atom stereocenters. The molecule has 3 N–H and O–H groups in total. The zero-order chi connectivity index (χ0) is 18.5. The van der Waals surface area contributed by atoms with Crippen LogP contribution in [0, 0.1) is 0 Å². The van der Waals surface area contributed by atoms with Crippen LogP contribution in [0.1, 0.15) is 15.9 Å². The van der Waals surface area contributed by atoms with Gasteiger partial charge in [0.15, 0.2) is 0 Å². The molecule has 0 radical (unpaired) electrons. The highest BCUT2D eigenvalue weighted by Crippen LogP contribution is 2.14. The number of amides is 2. The maximum atomic E-state index is 12.4. The highest BCUT2D eigenvalue weighted by molar-refractivity contribution is 6.04. The van der Waals surface area contributed by atoms with Crippen molar-refractivity contribution in [2.24, 2.45) is 0 Å². The van der Waals surface area contributed by atoms with Gasteiger partial charge in [-0.25, -0.2) is 0 Å². The summed E-state index contributed by atoms with van der Waals surface area (Å²) in [5, 5.41) is 2.84. The summed E-state index contributed by atoms with van der Waals surface area (Å²) in [6, 6.07) is 14.2. The SMILES string of the molecule is CN1CCN(C(=O)Cc2ccc(NC(=O)c3cccc(N)c3)cc2)CC1. The normalized spacial score (nSPS) is 14.9. The molecule has 136 valence electrons. The van der Waals surface area contributed by atoms with Crippen molar-refractivity contribution in [3.8, 4) is 0 Å². The Labute approximate surface area is 153 Å². The Morgan fingerprint density at radius 1 is 1.04 bits per heavy atom. The Bertz CT molecular complexity index is 781. The van der Waals surface area contributed by atoms with Crippen molar-refractivity contribution in [3.05, 3.63) is 59.7 Å². The first-order chi connectivity index (χ1) is 12.5. The Balaban J connectivity index is 1.56. The molecule has 0 unspecified atom stereocenters. The number of nitrogen functional groups attached to an aromatic ring is 1. The number of likely N-dealkylation sites (N-methyl/N-ethyl adjacent to an activating group) is 1. The number of carbonyl (C=O) groups is 2. The van der Waals surface area contributed by atoms with Crippen LogP contribution in [0.5, 0.6) is 0 Å². The number of carbonyl (C=O) groups excluding carboxylic acids is 2. The third kappa shape index (κ3) is 4.61. The Morgan fingerprint density at radius 3 is 2.38 bits per heavy atom. The Hall–Kier alpha value is -2.86. The van der Waals surface area contributed by atoms with Crippen molar-refractivity contribution in [1.82, 2.24) is 9.80 Å². The van der Waals surface area contributed by atoms with E-state index in [1.807, 2.05) is 29.2 Å². The first-order valence-corrected chi connectivity index (χ1v) is 8.73. The molecule has 1 aliphatic rings. The molecule has 2 aromatic rings. The fourth-order valence-corrected chi connectivity index (χ4v) is 2.93. The van der Waals surface area contributed by atoms with E-state index in [-0.39, 0.29) is 11.8 Å². The minimum atomic E-state index is -0.210. The van der Waals surface area contributed by atoms with Gasteiger partial charge in [-0.15, -0.1) is 0 Å². The van der Waals surface area contributed by atoms with Gasteiger partial charge >= 0.3 is 0 Å². The van der Waals surface area contributed by atoms with Gasteiger partial charge in [0.25, 0.3) is 5.91 Å². The number of anilines is 2. The minimum absolute atomic E-state index is 0.148. The van der Waals surface area contributed by atoms with Gasteiger partial charge in [-0.1, -0.05) is 18.2 Å². The average molecular weight is 352 g/mol. The van der Waals surface area contributed by atoms with Gasteiger partial charge in [-0.05, 0) is 42.9 Å². The van der Waals surface area contributed by atoms with Crippen LogP contribution in [0.2, 0.25) is 0 Å². The van der Waals surface area contributed by atoms with Crippen LogP contribution >= 0.6 is 0 Å². The van der Waals surface area contributed by atoms with E-state index in [1.165, 1.54) is 0 Å². The molecule has 0 bridgehead atoms. The molecule has 0 aliphatic carbocycles. The molecule has 6 nitrogen and oxygen atoms in total. The predicted molar refractivity (Wildman–Crippen MR) is 103 cm³/mol. The minimum Gasteiger partial charge on any atom is -0.399 e.